The number of methoxy groups -OCH3 is 1. The molecule has 148 valence electrons. The normalized spacial score (nSPS) is 16.5. The van der Waals surface area contributed by atoms with E-state index in [1.54, 1.807) is 7.11 Å². The quantitative estimate of drug-likeness (QED) is 0.487. The zero-order valence-corrected chi connectivity index (χ0v) is 16.9. The van der Waals surface area contributed by atoms with E-state index in [9.17, 15) is 9.90 Å². The summed E-state index contributed by atoms with van der Waals surface area (Å²) in [4.78, 5) is 12.4. The number of aliphatic hydroxyl groups excluding tert-OH is 2. The van der Waals surface area contributed by atoms with Gasteiger partial charge >= 0.3 is 5.97 Å². The number of carbonyl (C=O) groups is 1. The van der Waals surface area contributed by atoms with Gasteiger partial charge in [0, 0.05) is 12.0 Å². The molecule has 0 amide bonds. The third kappa shape index (κ3) is 4.21. The molecule has 0 aliphatic heterocycles. The number of esters is 1. The largest absolute Gasteiger partial charge is 0.497 e. The number of hydrogen-bond acceptors (Lipinski definition) is 5. The maximum Gasteiger partial charge on any atom is 0.311 e. The number of benzene rings is 1. The second kappa shape index (κ2) is 9.38. The van der Waals surface area contributed by atoms with Crippen LogP contribution in [-0.2, 0) is 9.53 Å². The van der Waals surface area contributed by atoms with Crippen LogP contribution in [0.4, 0.5) is 0 Å². The van der Waals surface area contributed by atoms with Crippen molar-refractivity contribution in [2.75, 3.05) is 20.5 Å². The Labute approximate surface area is 157 Å². The lowest BCUT2D eigenvalue weighted by atomic mass is 9.53. The zero-order valence-electron chi connectivity index (χ0n) is 16.9. The fourth-order valence-corrected chi connectivity index (χ4v) is 4.20. The Hall–Kier alpha value is -1.59. The van der Waals surface area contributed by atoms with Gasteiger partial charge in [-0.25, -0.2) is 0 Å². The molecule has 0 saturated heterocycles. The molecule has 0 aliphatic rings. The molecule has 0 fully saturated rings. The van der Waals surface area contributed by atoms with E-state index in [1.807, 2.05) is 38.1 Å². The Kier molecular flexibility index (Phi) is 8.10. The predicted molar refractivity (Wildman–Crippen MR) is 102 cm³/mol. The Bertz CT molecular complexity index is 566. The van der Waals surface area contributed by atoms with Gasteiger partial charge in [-0.15, -0.1) is 0 Å². The molecule has 3 atom stereocenters. The average molecular weight is 366 g/mol. The van der Waals surface area contributed by atoms with E-state index in [1.165, 1.54) is 0 Å². The molecule has 26 heavy (non-hydrogen) atoms. The first-order chi connectivity index (χ1) is 12.2. The first-order valence-corrected chi connectivity index (χ1v) is 9.25. The summed E-state index contributed by atoms with van der Waals surface area (Å²) in [5.41, 5.74) is 0.0258. The van der Waals surface area contributed by atoms with E-state index in [4.69, 9.17) is 14.6 Å². The van der Waals surface area contributed by atoms with Gasteiger partial charge in [-0.2, -0.15) is 0 Å². The zero-order chi connectivity index (χ0) is 20.0. The van der Waals surface area contributed by atoms with Crippen molar-refractivity contribution in [2.45, 2.75) is 53.4 Å². The highest BCUT2D eigenvalue weighted by Crippen LogP contribution is 2.55. The van der Waals surface area contributed by atoms with Crippen molar-refractivity contribution >= 4 is 5.97 Å². The molecule has 0 aromatic heterocycles. The summed E-state index contributed by atoms with van der Waals surface area (Å²) in [7, 11) is 1.64. The summed E-state index contributed by atoms with van der Waals surface area (Å²) in [6, 6.07) is 7.95. The van der Waals surface area contributed by atoms with Gasteiger partial charge in [-0.3, -0.25) is 4.79 Å². The average Bonchev–Trinajstić information content (AvgIpc) is 2.63. The van der Waals surface area contributed by atoms with Crippen LogP contribution < -0.4 is 4.74 Å². The van der Waals surface area contributed by atoms with E-state index in [0.29, 0.717) is 6.42 Å². The minimum Gasteiger partial charge on any atom is -0.497 e. The second-order valence-electron chi connectivity index (χ2n) is 7.58. The number of ether oxygens (including phenoxy) is 2. The van der Waals surface area contributed by atoms with Crippen molar-refractivity contribution < 1.29 is 24.5 Å². The summed E-state index contributed by atoms with van der Waals surface area (Å²) < 4.78 is 10.1. The number of hydrogen-bond donors (Lipinski definition) is 2. The Morgan fingerprint density at radius 2 is 1.65 bits per heavy atom. The molecule has 0 spiro atoms. The summed E-state index contributed by atoms with van der Waals surface area (Å²) in [6.45, 7) is 9.35. The molecule has 1 aromatic carbocycles. The fraction of sp³-hybridized carbons (Fsp3) is 0.667. The molecule has 5 nitrogen and oxygen atoms in total. The lowest BCUT2D eigenvalue weighted by Crippen LogP contribution is -2.50. The lowest BCUT2D eigenvalue weighted by Gasteiger charge is -2.51. The third-order valence-corrected chi connectivity index (χ3v) is 6.27. The van der Waals surface area contributed by atoms with E-state index >= 15 is 0 Å². The van der Waals surface area contributed by atoms with Crippen molar-refractivity contribution in [3.63, 3.8) is 0 Å². The van der Waals surface area contributed by atoms with Gasteiger partial charge in [0.25, 0.3) is 0 Å². The molecule has 3 unspecified atom stereocenters. The van der Waals surface area contributed by atoms with Crippen LogP contribution in [0.5, 0.6) is 5.75 Å². The van der Waals surface area contributed by atoms with Crippen molar-refractivity contribution in [3.05, 3.63) is 29.8 Å². The van der Waals surface area contributed by atoms with Gasteiger partial charge < -0.3 is 19.7 Å². The Morgan fingerprint density at radius 1 is 1.08 bits per heavy atom. The maximum absolute atomic E-state index is 12.4. The number of carbonyl (C=O) groups excluding carboxylic acids is 1. The summed E-state index contributed by atoms with van der Waals surface area (Å²) >= 11 is 0. The SMILES string of the molecule is CCC(c1ccc(OC)cc1)C(C)(C)C(C)(CO)C(CC)C(=O)OCO. The van der Waals surface area contributed by atoms with E-state index in [2.05, 4.69) is 20.8 Å². The highest BCUT2D eigenvalue weighted by atomic mass is 16.6. The molecule has 1 aromatic rings. The molecule has 0 aliphatic carbocycles. The van der Waals surface area contributed by atoms with Gasteiger partial charge in [-0.05, 0) is 41.9 Å². The molecule has 5 heteroatoms. The van der Waals surface area contributed by atoms with Gasteiger partial charge in [0.2, 0.25) is 0 Å². The van der Waals surface area contributed by atoms with Gasteiger partial charge in [0.05, 0.1) is 13.0 Å². The van der Waals surface area contributed by atoms with Gasteiger partial charge in [0.15, 0.2) is 6.79 Å². The maximum atomic E-state index is 12.4. The predicted octanol–water partition coefficient (Wildman–Crippen LogP) is 3.73. The molecule has 1 rings (SSSR count). The van der Waals surface area contributed by atoms with Crippen LogP contribution in [0.15, 0.2) is 24.3 Å². The van der Waals surface area contributed by atoms with Crippen LogP contribution >= 0.6 is 0 Å². The van der Waals surface area contributed by atoms with Gasteiger partial charge in [0.1, 0.15) is 5.75 Å². The minimum atomic E-state index is -0.714. The van der Waals surface area contributed by atoms with Crippen LogP contribution in [0, 0.1) is 16.7 Å². The minimum absolute atomic E-state index is 0.126. The van der Waals surface area contributed by atoms with Crippen molar-refractivity contribution in [1.29, 1.82) is 0 Å². The molecular weight excluding hydrogens is 332 g/mol. The van der Waals surface area contributed by atoms with Crippen molar-refractivity contribution in [2.24, 2.45) is 16.7 Å². The summed E-state index contributed by atoms with van der Waals surface area (Å²) in [5.74, 6) is -0.0584. The molecule has 0 radical (unpaired) electrons. The highest BCUT2D eigenvalue weighted by Gasteiger charge is 2.52. The Balaban J connectivity index is 3.34. The standard InChI is InChI=1S/C21H34O5/c1-7-17(15-9-11-16(25-6)12-10-15)20(3,4)21(5,13-22)18(8-2)19(24)26-14-23/h9-12,17-18,22-23H,7-8,13-14H2,1-6H3. The molecule has 0 saturated carbocycles. The van der Waals surface area contributed by atoms with Crippen LogP contribution in [0.25, 0.3) is 0 Å². The number of rotatable bonds is 10. The van der Waals surface area contributed by atoms with E-state index in [-0.39, 0.29) is 12.5 Å². The first-order valence-electron chi connectivity index (χ1n) is 9.25. The van der Waals surface area contributed by atoms with Crippen LogP contribution in [0.1, 0.15) is 58.9 Å². The molecule has 0 bridgehead atoms. The van der Waals surface area contributed by atoms with Gasteiger partial charge in [-0.1, -0.05) is 46.8 Å². The molecular formula is C21H34O5. The molecule has 2 N–H and O–H groups in total. The monoisotopic (exact) mass is 366 g/mol. The summed E-state index contributed by atoms with van der Waals surface area (Å²) in [6.07, 6.45) is 1.39. The second-order valence-corrected chi connectivity index (χ2v) is 7.58. The topological polar surface area (TPSA) is 76.0 Å². The van der Waals surface area contributed by atoms with E-state index < -0.39 is 29.5 Å². The van der Waals surface area contributed by atoms with Crippen molar-refractivity contribution in [3.8, 4) is 5.75 Å². The third-order valence-electron chi connectivity index (χ3n) is 6.27. The lowest BCUT2D eigenvalue weighted by molar-refractivity contribution is -0.169. The number of aliphatic hydroxyl groups is 2. The first kappa shape index (κ1) is 22.5. The van der Waals surface area contributed by atoms with Crippen molar-refractivity contribution in [1.82, 2.24) is 0 Å². The van der Waals surface area contributed by atoms with E-state index in [0.717, 1.165) is 17.7 Å². The van der Waals surface area contributed by atoms with Crippen LogP contribution in [0.3, 0.4) is 0 Å². The fourth-order valence-electron chi connectivity index (χ4n) is 4.20. The Morgan fingerprint density at radius 3 is 2.04 bits per heavy atom. The van der Waals surface area contributed by atoms with Crippen LogP contribution in [-0.4, -0.2) is 36.7 Å². The highest BCUT2D eigenvalue weighted by molar-refractivity contribution is 5.73. The molecule has 0 heterocycles. The van der Waals surface area contributed by atoms with Crippen LogP contribution in [0.2, 0.25) is 0 Å². The smallest absolute Gasteiger partial charge is 0.311 e. The summed E-state index contributed by atoms with van der Waals surface area (Å²) in [5, 5.41) is 19.3.